The van der Waals surface area contributed by atoms with Crippen LogP contribution < -0.4 is 5.32 Å². The summed E-state index contributed by atoms with van der Waals surface area (Å²) in [6, 6.07) is 0. The normalized spacial score (nSPS) is 16.8. The summed E-state index contributed by atoms with van der Waals surface area (Å²) in [5, 5.41) is 13.7. The molecule has 2 atom stereocenters. The van der Waals surface area contributed by atoms with Crippen molar-refractivity contribution in [3.63, 3.8) is 0 Å². The van der Waals surface area contributed by atoms with Crippen LogP contribution >= 0.6 is 11.8 Å². The molecule has 0 heterocycles. The summed E-state index contributed by atoms with van der Waals surface area (Å²) in [7, 11) is 0. The summed E-state index contributed by atoms with van der Waals surface area (Å²) in [6.07, 6.45) is -0.240. The van der Waals surface area contributed by atoms with E-state index in [1.54, 1.807) is 0 Å². The van der Waals surface area contributed by atoms with Gasteiger partial charge in [0.2, 0.25) is 0 Å². The molecule has 15 heavy (non-hydrogen) atoms. The van der Waals surface area contributed by atoms with E-state index < -0.39 is 0 Å². The smallest absolute Gasteiger partial charge is 0.0755 e. The van der Waals surface area contributed by atoms with Crippen molar-refractivity contribution >= 4 is 11.8 Å². The summed E-state index contributed by atoms with van der Waals surface area (Å²) >= 11 is 1.85. The first-order valence-corrected chi connectivity index (χ1v) is 6.82. The van der Waals surface area contributed by atoms with Gasteiger partial charge in [-0.05, 0) is 26.7 Å². The fourth-order valence-corrected chi connectivity index (χ4v) is 1.97. The minimum atomic E-state index is -0.240. The molecule has 0 spiro atoms. The quantitative estimate of drug-likeness (QED) is 0.739. The Morgan fingerprint density at radius 1 is 1.20 bits per heavy atom. The van der Waals surface area contributed by atoms with Crippen molar-refractivity contribution < 1.29 is 5.11 Å². The third kappa shape index (κ3) is 9.21. The lowest BCUT2D eigenvalue weighted by Crippen LogP contribution is -2.41. The van der Waals surface area contributed by atoms with Gasteiger partial charge in [0.25, 0.3) is 0 Å². The molecule has 0 aromatic heterocycles. The van der Waals surface area contributed by atoms with Crippen molar-refractivity contribution in [2.45, 2.75) is 58.4 Å². The van der Waals surface area contributed by atoms with Gasteiger partial charge >= 0.3 is 0 Å². The van der Waals surface area contributed by atoms with E-state index in [1.807, 2.05) is 11.8 Å². The Bertz CT molecular complexity index is 165. The maximum Gasteiger partial charge on any atom is 0.0755 e. The van der Waals surface area contributed by atoms with Crippen LogP contribution in [-0.4, -0.2) is 34.3 Å². The van der Waals surface area contributed by atoms with Crippen molar-refractivity contribution in [1.82, 2.24) is 5.32 Å². The molecule has 0 aromatic carbocycles. The highest BCUT2D eigenvalue weighted by atomic mass is 32.2. The Kier molecular flexibility index (Phi) is 6.89. The number of nitrogens with one attached hydrogen (secondary N) is 1. The van der Waals surface area contributed by atoms with Crippen LogP contribution in [0.2, 0.25) is 0 Å². The topological polar surface area (TPSA) is 32.3 Å². The third-order valence-corrected chi connectivity index (χ3v) is 4.01. The summed E-state index contributed by atoms with van der Waals surface area (Å²) < 4.78 is 0. The Morgan fingerprint density at radius 3 is 2.13 bits per heavy atom. The summed E-state index contributed by atoms with van der Waals surface area (Å²) in [5.74, 6) is 1.50. The minimum Gasteiger partial charge on any atom is -0.391 e. The van der Waals surface area contributed by atoms with E-state index in [1.165, 1.54) is 0 Å². The molecule has 0 rings (SSSR count). The van der Waals surface area contributed by atoms with Gasteiger partial charge in [0.1, 0.15) is 0 Å². The predicted octanol–water partition coefficient (Wildman–Crippen LogP) is 2.51. The van der Waals surface area contributed by atoms with Crippen LogP contribution in [0.25, 0.3) is 0 Å². The average Bonchev–Trinajstić information content (AvgIpc) is 2.09. The molecule has 2 unspecified atom stereocenters. The average molecular weight is 233 g/mol. The van der Waals surface area contributed by atoms with Crippen molar-refractivity contribution in [3.05, 3.63) is 0 Å². The number of hydrogen-bond acceptors (Lipinski definition) is 3. The van der Waals surface area contributed by atoms with Crippen LogP contribution in [0.1, 0.15) is 41.5 Å². The standard InChI is InChI=1S/C12H27NOS/c1-9(2)10(3)15-8-11(14)7-13-12(4,5)6/h9-11,13-14H,7-8H2,1-6H3. The van der Waals surface area contributed by atoms with Gasteiger partial charge < -0.3 is 10.4 Å². The van der Waals surface area contributed by atoms with Gasteiger partial charge in [-0.25, -0.2) is 0 Å². The lowest BCUT2D eigenvalue weighted by molar-refractivity contribution is 0.183. The zero-order chi connectivity index (χ0) is 12.1. The second-order valence-electron chi connectivity index (χ2n) is 5.57. The van der Waals surface area contributed by atoms with Crippen LogP contribution in [0, 0.1) is 5.92 Å². The van der Waals surface area contributed by atoms with Gasteiger partial charge in [-0.15, -0.1) is 0 Å². The maximum absolute atomic E-state index is 9.76. The summed E-state index contributed by atoms with van der Waals surface area (Å²) in [6.45, 7) is 13.7. The van der Waals surface area contributed by atoms with Crippen molar-refractivity contribution in [2.75, 3.05) is 12.3 Å². The first kappa shape index (κ1) is 15.3. The molecule has 0 saturated carbocycles. The van der Waals surface area contributed by atoms with Crippen LogP contribution in [0.4, 0.5) is 0 Å². The number of β-amino-alcohol motifs (C(OH)–C–C–N with tert-alkyl or cyclic N) is 1. The number of thioether (sulfide) groups is 1. The van der Waals surface area contributed by atoms with Crippen LogP contribution in [0.15, 0.2) is 0 Å². The predicted molar refractivity (Wildman–Crippen MR) is 70.5 cm³/mol. The van der Waals surface area contributed by atoms with Gasteiger partial charge in [0, 0.05) is 23.1 Å². The lowest BCUT2D eigenvalue weighted by Gasteiger charge is -2.23. The van der Waals surface area contributed by atoms with E-state index in [9.17, 15) is 5.11 Å². The molecule has 2 nitrogen and oxygen atoms in total. The van der Waals surface area contributed by atoms with E-state index in [4.69, 9.17) is 0 Å². The van der Waals surface area contributed by atoms with E-state index in [0.717, 1.165) is 5.75 Å². The van der Waals surface area contributed by atoms with Crippen molar-refractivity contribution in [1.29, 1.82) is 0 Å². The number of aliphatic hydroxyl groups is 1. The van der Waals surface area contributed by atoms with Gasteiger partial charge in [-0.2, -0.15) is 11.8 Å². The lowest BCUT2D eigenvalue weighted by atomic mass is 10.1. The zero-order valence-electron chi connectivity index (χ0n) is 11.0. The Balaban J connectivity index is 3.62. The molecule has 0 fully saturated rings. The first-order valence-electron chi connectivity index (χ1n) is 5.77. The molecule has 0 aliphatic carbocycles. The molecule has 0 aliphatic heterocycles. The number of aliphatic hydroxyl groups excluding tert-OH is 1. The van der Waals surface area contributed by atoms with Crippen molar-refractivity contribution in [3.8, 4) is 0 Å². The number of rotatable bonds is 6. The Labute approximate surface area is 99.2 Å². The van der Waals surface area contributed by atoms with E-state index in [2.05, 4.69) is 46.9 Å². The van der Waals surface area contributed by atoms with Gasteiger partial charge in [-0.1, -0.05) is 20.8 Å². The summed E-state index contributed by atoms with van der Waals surface area (Å²) in [5.41, 5.74) is 0.0926. The third-order valence-electron chi connectivity index (χ3n) is 2.36. The Morgan fingerprint density at radius 2 is 1.73 bits per heavy atom. The molecule has 2 N–H and O–H groups in total. The van der Waals surface area contributed by atoms with Gasteiger partial charge in [0.05, 0.1) is 6.10 Å². The number of hydrogen-bond donors (Lipinski definition) is 2. The van der Waals surface area contributed by atoms with Crippen LogP contribution in [-0.2, 0) is 0 Å². The molecule has 0 amide bonds. The molecule has 0 radical (unpaired) electrons. The second-order valence-corrected chi connectivity index (χ2v) is 6.98. The maximum atomic E-state index is 9.76. The molecule has 3 heteroatoms. The fraction of sp³-hybridized carbons (Fsp3) is 1.00. The molecule has 0 bridgehead atoms. The second kappa shape index (κ2) is 6.77. The zero-order valence-corrected chi connectivity index (χ0v) is 11.8. The SMILES string of the molecule is CC(C)C(C)SCC(O)CNC(C)(C)C. The minimum absolute atomic E-state index is 0.0926. The molecular formula is C12H27NOS. The Hall–Kier alpha value is 0.270. The van der Waals surface area contributed by atoms with E-state index in [-0.39, 0.29) is 11.6 Å². The molecule has 0 aromatic rings. The van der Waals surface area contributed by atoms with Crippen molar-refractivity contribution in [2.24, 2.45) is 5.92 Å². The first-order chi connectivity index (χ1) is 6.72. The van der Waals surface area contributed by atoms with Crippen LogP contribution in [0.5, 0.6) is 0 Å². The highest BCUT2D eigenvalue weighted by Gasteiger charge is 2.14. The molecule has 0 aliphatic rings. The fourth-order valence-electron chi connectivity index (χ4n) is 0.938. The monoisotopic (exact) mass is 233 g/mol. The van der Waals surface area contributed by atoms with E-state index in [0.29, 0.717) is 17.7 Å². The molecular weight excluding hydrogens is 206 g/mol. The molecule has 92 valence electrons. The highest BCUT2D eigenvalue weighted by molar-refractivity contribution is 7.99. The van der Waals surface area contributed by atoms with Gasteiger partial charge in [0.15, 0.2) is 0 Å². The highest BCUT2D eigenvalue weighted by Crippen LogP contribution is 2.19. The van der Waals surface area contributed by atoms with Crippen LogP contribution in [0.3, 0.4) is 0 Å². The molecule has 0 saturated heterocycles. The van der Waals surface area contributed by atoms with Gasteiger partial charge in [-0.3, -0.25) is 0 Å². The summed E-state index contributed by atoms with van der Waals surface area (Å²) in [4.78, 5) is 0. The van der Waals surface area contributed by atoms with E-state index >= 15 is 0 Å². The largest absolute Gasteiger partial charge is 0.391 e.